The summed E-state index contributed by atoms with van der Waals surface area (Å²) in [6.45, 7) is 4.02. The van der Waals surface area contributed by atoms with Gasteiger partial charge in [0.25, 0.3) is 5.91 Å². The van der Waals surface area contributed by atoms with Crippen LogP contribution in [0.25, 0.3) is 10.9 Å². The lowest BCUT2D eigenvalue weighted by Gasteiger charge is -2.32. The Bertz CT molecular complexity index is 1590. The van der Waals surface area contributed by atoms with E-state index < -0.39 is 52.1 Å². The van der Waals surface area contributed by atoms with Crippen LogP contribution in [-0.2, 0) is 15.0 Å². The van der Waals surface area contributed by atoms with Gasteiger partial charge in [0.15, 0.2) is 11.6 Å². The highest BCUT2D eigenvalue weighted by Gasteiger charge is 2.53. The van der Waals surface area contributed by atoms with Gasteiger partial charge in [-0.05, 0) is 48.6 Å². The summed E-state index contributed by atoms with van der Waals surface area (Å²) in [6, 6.07) is 5.24. The Balaban J connectivity index is 1.43. The van der Waals surface area contributed by atoms with E-state index in [1.54, 1.807) is 12.1 Å². The largest absolute Gasteiger partial charge is 0.366 e. The van der Waals surface area contributed by atoms with E-state index >= 15 is 0 Å². The molecule has 0 unspecified atom stereocenters. The van der Waals surface area contributed by atoms with Gasteiger partial charge in [-0.15, -0.1) is 0 Å². The maximum absolute atomic E-state index is 14.3. The minimum atomic E-state index is -1.39. The summed E-state index contributed by atoms with van der Waals surface area (Å²) in [5.41, 5.74) is 5.06. The first-order chi connectivity index (χ1) is 18.8. The first kappa shape index (κ1) is 27.2. The molecule has 2 atom stereocenters. The van der Waals surface area contributed by atoms with Crippen LogP contribution in [0.3, 0.4) is 0 Å². The van der Waals surface area contributed by atoms with Crippen molar-refractivity contribution in [3.05, 3.63) is 64.6 Å². The van der Waals surface area contributed by atoms with E-state index in [1.807, 2.05) is 13.8 Å². The van der Waals surface area contributed by atoms with Gasteiger partial charge in [-0.3, -0.25) is 19.2 Å². The molecular formula is C28H28F3N5O4. The maximum Gasteiger partial charge on any atom is 0.270 e. The van der Waals surface area contributed by atoms with Gasteiger partial charge in [0, 0.05) is 42.8 Å². The van der Waals surface area contributed by atoms with Gasteiger partial charge in [-0.1, -0.05) is 13.8 Å². The Hall–Kier alpha value is -4.35. The molecule has 40 heavy (non-hydrogen) atoms. The number of fused-ring (bicyclic) bond motifs is 3. The summed E-state index contributed by atoms with van der Waals surface area (Å²) in [6.07, 6.45) is 0.578. The summed E-state index contributed by atoms with van der Waals surface area (Å²) >= 11 is 0. The molecule has 2 aromatic carbocycles. The van der Waals surface area contributed by atoms with Crippen molar-refractivity contribution < 1.29 is 32.3 Å². The Morgan fingerprint density at radius 1 is 1.12 bits per heavy atom. The molecule has 0 bridgehead atoms. The van der Waals surface area contributed by atoms with E-state index in [0.29, 0.717) is 23.7 Å². The Morgan fingerprint density at radius 3 is 2.52 bits per heavy atom. The number of nitrogens with one attached hydrogen (secondary N) is 2. The number of carbonyl (C=O) groups excluding carboxylic acids is 4. The number of aromatic nitrogens is 1. The highest BCUT2D eigenvalue weighted by atomic mass is 19.2. The summed E-state index contributed by atoms with van der Waals surface area (Å²) < 4.78 is 42.2. The van der Waals surface area contributed by atoms with Crippen LogP contribution in [0.2, 0.25) is 0 Å². The highest BCUT2D eigenvalue weighted by molar-refractivity contribution is 6.08. The molecular weight excluding hydrogens is 527 g/mol. The predicted molar refractivity (Wildman–Crippen MR) is 140 cm³/mol. The van der Waals surface area contributed by atoms with Crippen molar-refractivity contribution in [2.45, 2.75) is 38.1 Å². The summed E-state index contributed by atoms with van der Waals surface area (Å²) in [7, 11) is 1.41. The van der Waals surface area contributed by atoms with Gasteiger partial charge >= 0.3 is 0 Å². The number of H-pyrrole nitrogens is 1. The second-order valence-electron chi connectivity index (χ2n) is 10.9. The zero-order valence-corrected chi connectivity index (χ0v) is 22.1. The summed E-state index contributed by atoms with van der Waals surface area (Å²) in [5.74, 6) is -5.79. The van der Waals surface area contributed by atoms with Gasteiger partial charge in [0.05, 0.1) is 10.9 Å². The highest BCUT2D eigenvalue weighted by Crippen LogP contribution is 2.45. The smallest absolute Gasteiger partial charge is 0.270 e. The van der Waals surface area contributed by atoms with Crippen molar-refractivity contribution in [2.24, 2.45) is 11.7 Å². The number of nitrogens with zero attached hydrogens (tertiary/aromatic N) is 2. The zero-order valence-electron chi connectivity index (χ0n) is 22.1. The second kappa shape index (κ2) is 9.68. The number of nitrogens with two attached hydrogens (primary N) is 1. The average Bonchev–Trinajstić information content (AvgIpc) is 3.62. The molecule has 0 radical (unpaired) electrons. The molecule has 0 saturated carbocycles. The van der Waals surface area contributed by atoms with E-state index in [1.165, 1.54) is 22.9 Å². The van der Waals surface area contributed by atoms with Gasteiger partial charge in [0.2, 0.25) is 17.7 Å². The average molecular weight is 556 g/mol. The molecule has 210 valence electrons. The third-order valence-corrected chi connectivity index (χ3v) is 7.84. The molecule has 0 aliphatic carbocycles. The fourth-order valence-electron chi connectivity index (χ4n) is 5.69. The number of likely N-dealkylation sites (tertiary alicyclic amines) is 1. The number of likely N-dealkylation sites (N-methyl/N-ethyl adjacent to an activating group) is 1. The summed E-state index contributed by atoms with van der Waals surface area (Å²) in [4.78, 5) is 57.3. The molecule has 12 heteroatoms. The fourth-order valence-corrected chi connectivity index (χ4v) is 5.69. The molecule has 2 aliphatic rings. The van der Waals surface area contributed by atoms with Crippen LogP contribution in [0, 0.1) is 23.4 Å². The lowest BCUT2D eigenvalue weighted by molar-refractivity contribution is -0.135. The molecule has 4 N–H and O–H groups in total. The fraction of sp³-hybridized carbons (Fsp3) is 0.357. The quantitative estimate of drug-likeness (QED) is 0.403. The molecule has 1 fully saturated rings. The van der Waals surface area contributed by atoms with Crippen molar-refractivity contribution in [1.82, 2.24) is 14.8 Å². The third-order valence-electron chi connectivity index (χ3n) is 7.84. The van der Waals surface area contributed by atoms with Crippen LogP contribution in [0.4, 0.5) is 18.9 Å². The maximum atomic E-state index is 14.3. The van der Waals surface area contributed by atoms with E-state index in [-0.39, 0.29) is 48.0 Å². The number of hydrogen-bond acceptors (Lipinski definition) is 4. The van der Waals surface area contributed by atoms with E-state index in [0.717, 1.165) is 6.07 Å². The standard InChI is InChI=1S/C28H28F3N5O4/c1-13(2)8-21(35(3)25(38)20-10-15-17(29)11-18(30)22(31)23(15)33-20)26(39)36-7-6-28(12-36)16-9-14(24(32)37)4-5-19(16)34-27(28)40/h4-5,9-11,13,21,33H,6-8,12H2,1-3H3,(H2,32,37)(H,34,40)/t21-,28-/m0/s1. The van der Waals surface area contributed by atoms with Crippen LogP contribution in [0.1, 0.15) is 53.1 Å². The zero-order chi connectivity index (χ0) is 29.1. The number of hydrogen-bond donors (Lipinski definition) is 3. The van der Waals surface area contributed by atoms with Crippen molar-refractivity contribution in [3.8, 4) is 0 Å². The van der Waals surface area contributed by atoms with Crippen LogP contribution in [0.15, 0.2) is 30.3 Å². The minimum Gasteiger partial charge on any atom is -0.366 e. The monoisotopic (exact) mass is 555 g/mol. The first-order valence-corrected chi connectivity index (χ1v) is 12.8. The Labute approximate surface area is 227 Å². The number of benzene rings is 2. The lowest BCUT2D eigenvalue weighted by atomic mass is 9.80. The normalized spacial score (nSPS) is 18.9. The van der Waals surface area contributed by atoms with Crippen molar-refractivity contribution in [3.63, 3.8) is 0 Å². The molecule has 3 heterocycles. The van der Waals surface area contributed by atoms with Crippen LogP contribution in [-0.4, -0.2) is 64.6 Å². The van der Waals surface area contributed by atoms with Crippen molar-refractivity contribution >= 4 is 40.2 Å². The molecule has 2 aliphatic heterocycles. The number of carbonyl (C=O) groups is 4. The summed E-state index contributed by atoms with van der Waals surface area (Å²) in [5, 5.41) is 2.53. The first-order valence-electron chi connectivity index (χ1n) is 12.8. The van der Waals surface area contributed by atoms with Crippen molar-refractivity contribution in [1.29, 1.82) is 0 Å². The molecule has 3 aromatic rings. The lowest BCUT2D eigenvalue weighted by Crippen LogP contribution is -2.50. The van der Waals surface area contributed by atoms with Crippen molar-refractivity contribution in [2.75, 3.05) is 25.5 Å². The number of amides is 4. The Kier molecular flexibility index (Phi) is 6.59. The van der Waals surface area contributed by atoms with Crippen LogP contribution in [0.5, 0.6) is 0 Å². The van der Waals surface area contributed by atoms with E-state index in [9.17, 15) is 32.3 Å². The van der Waals surface area contributed by atoms with Gasteiger partial charge in [-0.2, -0.15) is 0 Å². The van der Waals surface area contributed by atoms with Gasteiger partial charge in [-0.25, -0.2) is 13.2 Å². The van der Waals surface area contributed by atoms with Gasteiger partial charge in [0.1, 0.15) is 17.6 Å². The minimum absolute atomic E-state index is 0.0129. The molecule has 9 nitrogen and oxygen atoms in total. The van der Waals surface area contributed by atoms with E-state index in [4.69, 9.17) is 5.73 Å². The Morgan fingerprint density at radius 2 is 1.85 bits per heavy atom. The number of rotatable bonds is 6. The molecule has 1 spiro atoms. The third kappa shape index (κ3) is 4.27. The second-order valence-corrected chi connectivity index (χ2v) is 10.9. The van der Waals surface area contributed by atoms with Gasteiger partial charge < -0.3 is 25.8 Å². The van der Waals surface area contributed by atoms with Crippen LogP contribution < -0.4 is 11.1 Å². The predicted octanol–water partition coefficient (Wildman–Crippen LogP) is 3.29. The molecule has 1 aromatic heterocycles. The molecule has 5 rings (SSSR count). The SMILES string of the molecule is CC(C)C[C@@H](C(=O)N1CC[C@@]2(C1)C(=O)Nc1ccc(C(N)=O)cc12)N(C)C(=O)c1cc2c(F)cc(F)c(F)c2[nH]1. The molecule has 4 amide bonds. The number of primary amides is 1. The van der Waals surface area contributed by atoms with Crippen LogP contribution >= 0.6 is 0 Å². The number of anilines is 1. The molecule has 1 saturated heterocycles. The topological polar surface area (TPSA) is 129 Å². The van der Waals surface area contributed by atoms with E-state index in [2.05, 4.69) is 10.3 Å². The number of halogens is 3. The number of aromatic amines is 1.